The van der Waals surface area contributed by atoms with E-state index in [4.69, 9.17) is 0 Å². The van der Waals surface area contributed by atoms with Gasteiger partial charge in [0.25, 0.3) is 11.9 Å². The molecule has 0 radical (unpaired) electrons. The molecule has 0 fully saturated rings. The Bertz CT molecular complexity index is 1260. The van der Waals surface area contributed by atoms with Gasteiger partial charge in [0.05, 0.1) is 5.69 Å². The van der Waals surface area contributed by atoms with E-state index in [2.05, 4.69) is 78.5 Å². The van der Waals surface area contributed by atoms with Crippen molar-refractivity contribution in [2.24, 2.45) is 0 Å². The van der Waals surface area contributed by atoms with Crippen molar-refractivity contribution in [1.82, 2.24) is 44.9 Å². The normalized spacial score (nSPS) is 10.6. The van der Waals surface area contributed by atoms with E-state index >= 15 is 0 Å². The quantitative estimate of drug-likeness (QED) is 0.235. The van der Waals surface area contributed by atoms with Crippen LogP contribution in [0.5, 0.6) is 0 Å². The first-order chi connectivity index (χ1) is 16.8. The molecule has 0 unspecified atom stereocenters. The van der Waals surface area contributed by atoms with E-state index in [1.807, 2.05) is 12.1 Å². The molecule has 0 saturated carbocycles. The maximum atomic E-state index is 4.62. The molecule has 0 bridgehead atoms. The molecular weight excluding hydrogens is 625 g/mol. The molecular formula is C23H21N11Pt. The maximum Gasteiger partial charge on any atom is 2.00 e. The molecule has 11 nitrogen and oxygen atoms in total. The summed E-state index contributed by atoms with van der Waals surface area (Å²) in [5, 5.41) is 17.6. The summed E-state index contributed by atoms with van der Waals surface area (Å²) in [7, 11) is 0. The van der Waals surface area contributed by atoms with Gasteiger partial charge in [0.2, 0.25) is 0 Å². The van der Waals surface area contributed by atoms with Gasteiger partial charge in [-0.25, -0.2) is 9.58 Å². The summed E-state index contributed by atoms with van der Waals surface area (Å²) in [4.78, 5) is 18.1. The zero-order valence-corrected chi connectivity index (χ0v) is 21.3. The predicted molar refractivity (Wildman–Crippen MR) is 126 cm³/mol. The molecule has 12 heteroatoms. The van der Waals surface area contributed by atoms with Crippen LogP contribution >= 0.6 is 0 Å². The van der Waals surface area contributed by atoms with Crippen molar-refractivity contribution < 1.29 is 21.1 Å². The average molecular weight is 647 g/mol. The van der Waals surface area contributed by atoms with Gasteiger partial charge in [0, 0.05) is 18.8 Å². The monoisotopic (exact) mass is 646 g/mol. The Morgan fingerprint density at radius 2 is 1.49 bits per heavy atom. The van der Waals surface area contributed by atoms with Crippen molar-refractivity contribution in [3.63, 3.8) is 0 Å². The molecule has 0 amide bonds. The fourth-order valence-corrected chi connectivity index (χ4v) is 3.46. The van der Waals surface area contributed by atoms with E-state index in [1.165, 1.54) is 4.80 Å². The third kappa shape index (κ3) is 5.09. The van der Waals surface area contributed by atoms with Gasteiger partial charge in [-0.05, 0) is 54.7 Å². The van der Waals surface area contributed by atoms with Gasteiger partial charge in [-0.3, -0.25) is 0 Å². The van der Waals surface area contributed by atoms with Gasteiger partial charge in [-0.1, -0.05) is 29.9 Å². The van der Waals surface area contributed by atoms with Crippen LogP contribution in [-0.4, -0.2) is 58.0 Å². The second kappa shape index (κ2) is 11.0. The number of rotatable bonds is 8. The number of benzene rings is 1. The summed E-state index contributed by atoms with van der Waals surface area (Å²) in [5.41, 5.74) is 3.15. The van der Waals surface area contributed by atoms with E-state index in [-0.39, 0.29) is 21.1 Å². The molecule has 0 N–H and O–H groups in total. The zero-order chi connectivity index (χ0) is 23.3. The molecule has 0 aliphatic rings. The van der Waals surface area contributed by atoms with Crippen LogP contribution in [0.25, 0.3) is 11.4 Å². The van der Waals surface area contributed by atoms with Crippen molar-refractivity contribution in [2.75, 3.05) is 22.9 Å². The Labute approximate surface area is 216 Å². The molecule has 0 atom stereocenters. The van der Waals surface area contributed by atoms with Gasteiger partial charge in [-0.2, -0.15) is 34.0 Å². The third-order valence-corrected chi connectivity index (χ3v) is 5.16. The van der Waals surface area contributed by atoms with Gasteiger partial charge >= 0.3 is 21.1 Å². The second-order valence-electron chi connectivity index (χ2n) is 7.14. The Kier molecular flexibility index (Phi) is 7.57. The topological polar surface area (TPSA) is 107 Å². The minimum Gasteiger partial charge on any atom is -0.389 e. The zero-order valence-electron chi connectivity index (χ0n) is 19.0. The summed E-state index contributed by atoms with van der Waals surface area (Å²) < 4.78 is 1.60. The second-order valence-corrected chi connectivity index (χ2v) is 7.14. The Hall–Kier alpha value is -3.98. The van der Waals surface area contributed by atoms with Crippen LogP contribution in [0.15, 0.2) is 67.5 Å². The van der Waals surface area contributed by atoms with Crippen LogP contribution in [0.1, 0.15) is 13.8 Å². The molecule has 5 rings (SSSR count). The Morgan fingerprint density at radius 1 is 0.829 bits per heavy atom. The maximum absolute atomic E-state index is 4.62. The van der Waals surface area contributed by atoms with Gasteiger partial charge in [0.1, 0.15) is 6.33 Å². The van der Waals surface area contributed by atoms with Crippen LogP contribution in [0.2, 0.25) is 0 Å². The SMILES string of the molecule is CCN(CC)c1ccc(N(c2ncn(-c3[c-]ccnc3)n2)c2nnn(-c3[c-]ccnc3)n2)cc1.[Pt+2]. The van der Waals surface area contributed by atoms with Gasteiger partial charge in [-0.15, -0.1) is 10.2 Å². The standard InChI is InChI=1S/C23H21N11.Pt/c1-3-31(4-2)18-9-11-19(12-10-18)33(22-26-17-32(28-22)20-7-5-13-24-15-20)23-27-30-34(29-23)21-8-6-14-25-16-21;/h5-6,9-17H,3-4H2,1-2H3;/q-2;+2. The summed E-state index contributed by atoms with van der Waals surface area (Å²) in [6, 6.07) is 17.6. The van der Waals surface area contributed by atoms with Crippen molar-refractivity contribution in [3.8, 4) is 11.4 Å². The Balaban J connectivity index is 0.00000289. The molecule has 178 valence electrons. The summed E-state index contributed by atoms with van der Waals surface area (Å²) in [6.45, 7) is 6.11. The average Bonchev–Trinajstić information content (AvgIpc) is 3.58. The van der Waals surface area contributed by atoms with E-state index < -0.39 is 0 Å². The summed E-state index contributed by atoms with van der Waals surface area (Å²) in [5.74, 6) is 0.684. The number of tetrazole rings is 1. The molecule has 0 aliphatic carbocycles. The number of pyridine rings is 2. The molecule has 5 aromatic rings. The van der Waals surface area contributed by atoms with Gasteiger partial charge in [0.15, 0.2) is 0 Å². The third-order valence-electron chi connectivity index (χ3n) is 5.16. The molecule has 0 aliphatic heterocycles. The van der Waals surface area contributed by atoms with Crippen LogP contribution < -0.4 is 9.80 Å². The van der Waals surface area contributed by atoms with Crippen molar-refractivity contribution >= 4 is 23.3 Å². The van der Waals surface area contributed by atoms with Crippen LogP contribution in [-0.2, 0) is 21.1 Å². The number of aromatic nitrogens is 9. The van der Waals surface area contributed by atoms with E-state index in [1.54, 1.807) is 52.8 Å². The molecule has 1 aromatic carbocycles. The van der Waals surface area contributed by atoms with Gasteiger partial charge < -0.3 is 14.9 Å². The first-order valence-corrected chi connectivity index (χ1v) is 10.8. The summed E-state index contributed by atoms with van der Waals surface area (Å²) >= 11 is 0. The fourth-order valence-electron chi connectivity index (χ4n) is 3.46. The van der Waals surface area contributed by atoms with Crippen LogP contribution in [0.4, 0.5) is 23.3 Å². The molecule has 0 saturated heterocycles. The van der Waals surface area contributed by atoms with E-state index in [9.17, 15) is 0 Å². The molecule has 35 heavy (non-hydrogen) atoms. The predicted octanol–water partition coefficient (Wildman–Crippen LogP) is 2.95. The molecule has 0 spiro atoms. The number of anilines is 4. The van der Waals surface area contributed by atoms with Crippen molar-refractivity contribution in [2.45, 2.75) is 13.8 Å². The summed E-state index contributed by atoms with van der Waals surface area (Å²) in [6.07, 6.45) is 8.16. The van der Waals surface area contributed by atoms with Crippen molar-refractivity contribution in [3.05, 3.63) is 79.6 Å². The Morgan fingerprint density at radius 3 is 2.11 bits per heavy atom. The molecule has 4 heterocycles. The minimum atomic E-state index is 0. The first-order valence-electron chi connectivity index (χ1n) is 10.8. The van der Waals surface area contributed by atoms with Crippen molar-refractivity contribution in [1.29, 1.82) is 0 Å². The van der Waals surface area contributed by atoms with E-state index in [0.29, 0.717) is 23.3 Å². The first kappa shape index (κ1) is 24.2. The minimum absolute atomic E-state index is 0. The number of nitrogens with zero attached hydrogens (tertiary/aromatic N) is 11. The van der Waals surface area contributed by atoms with Crippen LogP contribution in [0, 0.1) is 12.1 Å². The smallest absolute Gasteiger partial charge is 0.389 e. The van der Waals surface area contributed by atoms with Crippen LogP contribution in [0.3, 0.4) is 0 Å². The molecule has 4 aromatic heterocycles. The number of hydrogen-bond donors (Lipinski definition) is 0. The number of hydrogen-bond acceptors (Lipinski definition) is 9. The fraction of sp³-hybridized carbons (Fsp3) is 0.174. The van der Waals surface area contributed by atoms with E-state index in [0.717, 1.165) is 24.5 Å². The largest absolute Gasteiger partial charge is 2.00 e.